The molecule has 2 saturated heterocycles. The number of ether oxygens (including phenoxy) is 3. The SMILES string of the molecule is CN(C(=O)OC(C)(C)C)[C@H]1CC2(CCN(Cc3ccc(OCc4nccn4C)cc3)CC2)OC[C@]1(C)O. The maximum absolute atomic E-state index is 12.7. The van der Waals surface area contributed by atoms with Crippen LogP contribution >= 0.6 is 0 Å². The summed E-state index contributed by atoms with van der Waals surface area (Å²) in [5.74, 6) is 1.71. The van der Waals surface area contributed by atoms with E-state index in [2.05, 4.69) is 22.0 Å². The number of benzene rings is 1. The van der Waals surface area contributed by atoms with E-state index in [1.54, 1.807) is 25.1 Å². The van der Waals surface area contributed by atoms with E-state index in [1.165, 1.54) is 5.56 Å². The molecule has 37 heavy (non-hydrogen) atoms. The first-order valence-electron chi connectivity index (χ1n) is 13.1. The van der Waals surface area contributed by atoms with Gasteiger partial charge >= 0.3 is 6.09 Å². The molecule has 2 aliphatic rings. The molecular weight excluding hydrogens is 472 g/mol. The van der Waals surface area contributed by atoms with Crippen molar-refractivity contribution in [1.29, 1.82) is 0 Å². The van der Waals surface area contributed by atoms with Crippen molar-refractivity contribution >= 4 is 6.09 Å². The fourth-order valence-corrected chi connectivity index (χ4v) is 5.14. The van der Waals surface area contributed by atoms with Gasteiger partial charge < -0.3 is 28.8 Å². The number of carbonyl (C=O) groups is 1. The molecule has 0 saturated carbocycles. The Labute approximate surface area is 220 Å². The van der Waals surface area contributed by atoms with Crippen LogP contribution in [0.15, 0.2) is 36.7 Å². The smallest absolute Gasteiger partial charge is 0.410 e. The molecule has 1 amide bonds. The summed E-state index contributed by atoms with van der Waals surface area (Å²) in [5, 5.41) is 11.0. The molecule has 2 aromatic rings. The van der Waals surface area contributed by atoms with Crippen molar-refractivity contribution in [2.24, 2.45) is 7.05 Å². The molecule has 0 bridgehead atoms. The van der Waals surface area contributed by atoms with E-state index in [0.717, 1.165) is 44.0 Å². The Bertz CT molecular complexity index is 1050. The lowest BCUT2D eigenvalue weighted by atomic mass is 9.77. The van der Waals surface area contributed by atoms with Crippen LogP contribution in [0.1, 0.15) is 58.3 Å². The van der Waals surface area contributed by atoms with Crippen molar-refractivity contribution < 1.29 is 24.1 Å². The highest BCUT2D eigenvalue weighted by atomic mass is 16.6. The van der Waals surface area contributed by atoms with E-state index in [0.29, 0.717) is 13.0 Å². The van der Waals surface area contributed by atoms with Crippen LogP contribution in [-0.2, 0) is 29.7 Å². The fourth-order valence-electron chi connectivity index (χ4n) is 5.14. The predicted molar refractivity (Wildman–Crippen MR) is 140 cm³/mol. The number of carbonyl (C=O) groups excluding carboxylic acids is 1. The number of likely N-dealkylation sites (N-methyl/N-ethyl adjacent to an activating group) is 1. The average molecular weight is 515 g/mol. The molecular formula is C28H42N4O5. The highest BCUT2D eigenvalue weighted by Gasteiger charge is 2.51. The van der Waals surface area contributed by atoms with Crippen LogP contribution in [0, 0.1) is 0 Å². The van der Waals surface area contributed by atoms with Gasteiger partial charge in [0.25, 0.3) is 0 Å². The van der Waals surface area contributed by atoms with Crippen LogP contribution in [0.3, 0.4) is 0 Å². The highest BCUT2D eigenvalue weighted by Crippen LogP contribution is 2.40. The molecule has 1 N–H and O–H groups in total. The van der Waals surface area contributed by atoms with Gasteiger partial charge in [-0.1, -0.05) is 12.1 Å². The molecule has 204 valence electrons. The minimum Gasteiger partial charge on any atom is -0.486 e. The van der Waals surface area contributed by atoms with Gasteiger partial charge in [-0.15, -0.1) is 0 Å². The minimum atomic E-state index is -1.13. The largest absolute Gasteiger partial charge is 0.486 e. The van der Waals surface area contributed by atoms with Gasteiger partial charge in [0.15, 0.2) is 0 Å². The zero-order valence-electron chi connectivity index (χ0n) is 23.1. The molecule has 9 heteroatoms. The van der Waals surface area contributed by atoms with Crippen molar-refractivity contribution in [1.82, 2.24) is 19.4 Å². The molecule has 0 aliphatic carbocycles. The fraction of sp³-hybridized carbons (Fsp3) is 0.643. The van der Waals surface area contributed by atoms with E-state index in [-0.39, 0.29) is 18.2 Å². The lowest BCUT2D eigenvalue weighted by Gasteiger charge is -2.52. The lowest BCUT2D eigenvalue weighted by Crippen LogP contribution is -2.64. The number of aromatic nitrogens is 2. The minimum absolute atomic E-state index is 0.199. The van der Waals surface area contributed by atoms with E-state index < -0.39 is 17.3 Å². The van der Waals surface area contributed by atoms with Crippen molar-refractivity contribution in [3.63, 3.8) is 0 Å². The summed E-state index contributed by atoms with van der Waals surface area (Å²) >= 11 is 0. The van der Waals surface area contributed by atoms with Gasteiger partial charge in [-0.25, -0.2) is 9.78 Å². The number of amides is 1. The van der Waals surface area contributed by atoms with Gasteiger partial charge in [0.2, 0.25) is 0 Å². The van der Waals surface area contributed by atoms with E-state index in [9.17, 15) is 9.90 Å². The molecule has 4 rings (SSSR count). The van der Waals surface area contributed by atoms with Crippen LogP contribution in [0.2, 0.25) is 0 Å². The van der Waals surface area contributed by atoms with Gasteiger partial charge in [0.05, 0.1) is 18.2 Å². The Hall–Kier alpha value is -2.62. The molecule has 2 aliphatic heterocycles. The number of likely N-dealkylation sites (tertiary alicyclic amines) is 1. The number of aryl methyl sites for hydroxylation is 1. The highest BCUT2D eigenvalue weighted by molar-refractivity contribution is 5.68. The molecule has 9 nitrogen and oxygen atoms in total. The number of aliphatic hydroxyl groups is 1. The van der Waals surface area contributed by atoms with Crippen LogP contribution in [0.25, 0.3) is 0 Å². The number of hydrogen-bond donors (Lipinski definition) is 1. The quantitative estimate of drug-likeness (QED) is 0.628. The Kier molecular flexibility index (Phi) is 7.88. The van der Waals surface area contributed by atoms with Crippen LogP contribution in [0.4, 0.5) is 4.79 Å². The van der Waals surface area contributed by atoms with Gasteiger partial charge in [-0.05, 0) is 64.7 Å². The number of rotatable bonds is 6. The number of nitrogens with zero attached hydrogens (tertiary/aromatic N) is 4. The Morgan fingerprint density at radius 1 is 1.24 bits per heavy atom. The molecule has 1 aromatic carbocycles. The maximum atomic E-state index is 12.7. The summed E-state index contributed by atoms with van der Waals surface area (Å²) in [4.78, 5) is 21.0. The molecule has 1 aromatic heterocycles. The van der Waals surface area contributed by atoms with Crippen LogP contribution in [0.5, 0.6) is 5.75 Å². The summed E-state index contributed by atoms with van der Waals surface area (Å²) in [5.41, 5.74) is -0.833. The summed E-state index contributed by atoms with van der Waals surface area (Å²) in [7, 11) is 3.67. The summed E-state index contributed by atoms with van der Waals surface area (Å²) < 4.78 is 19.7. The average Bonchev–Trinajstić information content (AvgIpc) is 3.25. The third-order valence-corrected chi connectivity index (χ3v) is 7.49. The zero-order chi connectivity index (χ0) is 26.8. The standard InChI is InChI=1S/C28H42N4O5/c1-26(2,3)37-25(33)31(6)23-17-28(36-20-27(23,4)34)11-14-32(15-12-28)18-21-7-9-22(10-8-21)35-19-24-29-13-16-30(24)5/h7-10,13,16,23,34H,11-12,14-15,17-20H2,1-6H3/t23-,27-/m0/s1. The van der Waals surface area contributed by atoms with Gasteiger partial charge in [-0.3, -0.25) is 4.90 Å². The number of hydrogen-bond acceptors (Lipinski definition) is 7. The molecule has 0 unspecified atom stereocenters. The second-order valence-corrected chi connectivity index (χ2v) is 11.8. The first-order valence-corrected chi connectivity index (χ1v) is 13.1. The van der Waals surface area contributed by atoms with Crippen molar-refractivity contribution in [3.8, 4) is 5.75 Å². The summed E-state index contributed by atoms with van der Waals surface area (Å²) in [6.45, 7) is 10.6. The predicted octanol–water partition coefficient (Wildman–Crippen LogP) is 3.74. The number of piperidine rings is 1. The molecule has 2 atom stereocenters. The number of imidazole rings is 1. The maximum Gasteiger partial charge on any atom is 0.410 e. The van der Waals surface area contributed by atoms with Crippen LogP contribution < -0.4 is 4.74 Å². The molecule has 0 radical (unpaired) electrons. The summed E-state index contributed by atoms with van der Waals surface area (Å²) in [6, 6.07) is 7.86. The molecule has 2 fully saturated rings. The van der Waals surface area contributed by atoms with Gasteiger partial charge in [-0.2, -0.15) is 0 Å². The third-order valence-electron chi connectivity index (χ3n) is 7.49. The van der Waals surface area contributed by atoms with Crippen molar-refractivity contribution in [2.75, 3.05) is 26.7 Å². The Morgan fingerprint density at radius 3 is 2.51 bits per heavy atom. The second-order valence-electron chi connectivity index (χ2n) is 11.8. The van der Waals surface area contributed by atoms with Gasteiger partial charge in [0, 0.05) is 46.1 Å². The monoisotopic (exact) mass is 514 g/mol. The van der Waals surface area contributed by atoms with Crippen LogP contribution in [-0.4, -0.2) is 80.1 Å². The second kappa shape index (κ2) is 10.6. The lowest BCUT2D eigenvalue weighted by molar-refractivity contribution is -0.206. The van der Waals surface area contributed by atoms with Crippen molar-refractivity contribution in [3.05, 3.63) is 48.0 Å². The summed E-state index contributed by atoms with van der Waals surface area (Å²) in [6.07, 6.45) is 5.56. The first-order chi connectivity index (χ1) is 17.4. The van der Waals surface area contributed by atoms with E-state index in [4.69, 9.17) is 14.2 Å². The third kappa shape index (κ3) is 6.83. The molecule has 3 heterocycles. The Morgan fingerprint density at radius 2 is 1.92 bits per heavy atom. The van der Waals surface area contributed by atoms with E-state index >= 15 is 0 Å². The Balaban J connectivity index is 1.30. The normalized spacial score (nSPS) is 24.1. The van der Waals surface area contributed by atoms with E-state index in [1.807, 2.05) is 50.7 Å². The zero-order valence-corrected chi connectivity index (χ0v) is 23.1. The van der Waals surface area contributed by atoms with Gasteiger partial charge in [0.1, 0.15) is 29.4 Å². The first kappa shape index (κ1) is 27.4. The molecule has 1 spiro atoms. The van der Waals surface area contributed by atoms with Crippen molar-refractivity contribution in [2.45, 2.75) is 83.0 Å². The topological polar surface area (TPSA) is 89.3 Å².